The molecule has 0 bridgehead atoms. The van der Waals surface area contributed by atoms with E-state index in [1.807, 2.05) is 6.07 Å². The number of rotatable bonds is 4. The highest BCUT2D eigenvalue weighted by molar-refractivity contribution is 6.15. The second kappa shape index (κ2) is 8.77. The minimum atomic E-state index is -0.531. The predicted molar refractivity (Wildman–Crippen MR) is 130 cm³/mol. The second-order valence-electron chi connectivity index (χ2n) is 8.70. The van der Waals surface area contributed by atoms with E-state index < -0.39 is 11.9 Å². The van der Waals surface area contributed by atoms with E-state index in [-0.39, 0.29) is 35.2 Å². The van der Waals surface area contributed by atoms with E-state index in [1.54, 1.807) is 42.5 Å². The SMILES string of the molecule is COc1cc(C2CC(=O)Oc3ccc4c(c32)O/C(=C\c2ccc3c(c2)OCCO3)C4=O)cc(OC)c1O. The molecule has 3 aliphatic rings. The number of aromatic hydroxyl groups is 1. The number of benzene rings is 3. The van der Waals surface area contributed by atoms with Crippen molar-refractivity contribution < 1.29 is 43.1 Å². The first kappa shape index (κ1) is 22.8. The van der Waals surface area contributed by atoms with Gasteiger partial charge in [0.25, 0.3) is 0 Å². The van der Waals surface area contributed by atoms with Crippen LogP contribution in [-0.2, 0) is 4.79 Å². The number of ether oxygens (including phenoxy) is 6. The maximum Gasteiger partial charge on any atom is 0.312 e. The van der Waals surface area contributed by atoms with E-state index >= 15 is 0 Å². The first-order chi connectivity index (χ1) is 18.0. The van der Waals surface area contributed by atoms with Gasteiger partial charge in [-0.25, -0.2) is 0 Å². The molecule has 0 aliphatic carbocycles. The lowest BCUT2D eigenvalue weighted by Gasteiger charge is -2.27. The van der Waals surface area contributed by atoms with Crippen molar-refractivity contribution in [3.05, 3.63) is 70.5 Å². The Morgan fingerprint density at radius 3 is 2.32 bits per heavy atom. The molecule has 0 amide bonds. The van der Waals surface area contributed by atoms with E-state index in [9.17, 15) is 14.7 Å². The van der Waals surface area contributed by atoms with E-state index in [0.29, 0.717) is 58.5 Å². The Labute approximate surface area is 211 Å². The van der Waals surface area contributed by atoms with Crippen molar-refractivity contribution >= 4 is 17.8 Å². The van der Waals surface area contributed by atoms with Crippen molar-refractivity contribution in [2.75, 3.05) is 27.4 Å². The lowest BCUT2D eigenvalue weighted by atomic mass is 9.84. The second-order valence-corrected chi connectivity index (χ2v) is 8.70. The number of hydrogen-bond donors (Lipinski definition) is 1. The molecule has 9 heteroatoms. The number of phenols is 1. The molecule has 188 valence electrons. The van der Waals surface area contributed by atoms with Crippen LogP contribution < -0.4 is 28.4 Å². The van der Waals surface area contributed by atoms with Crippen LogP contribution in [0.1, 0.15) is 39.4 Å². The van der Waals surface area contributed by atoms with Gasteiger partial charge in [-0.1, -0.05) is 6.07 Å². The predicted octanol–water partition coefficient (Wildman–Crippen LogP) is 4.24. The van der Waals surface area contributed by atoms with Gasteiger partial charge in [0.2, 0.25) is 11.5 Å². The molecule has 1 unspecified atom stereocenters. The molecule has 3 aliphatic heterocycles. The molecule has 0 spiro atoms. The Balaban J connectivity index is 1.43. The molecule has 3 heterocycles. The minimum absolute atomic E-state index is 0.000698. The number of Topliss-reactive ketones (excluding diaryl/α,β-unsaturated/α-hetero) is 1. The number of ketones is 1. The van der Waals surface area contributed by atoms with E-state index in [2.05, 4.69) is 0 Å². The Bertz CT molecular complexity index is 1460. The lowest BCUT2D eigenvalue weighted by molar-refractivity contribution is -0.135. The molecule has 37 heavy (non-hydrogen) atoms. The fraction of sp³-hybridized carbons (Fsp3) is 0.214. The molecule has 0 saturated heterocycles. The van der Waals surface area contributed by atoms with Crippen LogP contribution in [0.15, 0.2) is 48.2 Å². The highest BCUT2D eigenvalue weighted by atomic mass is 16.6. The summed E-state index contributed by atoms with van der Waals surface area (Å²) in [5, 5.41) is 10.4. The Kier molecular flexibility index (Phi) is 5.40. The van der Waals surface area contributed by atoms with Crippen LogP contribution in [-0.4, -0.2) is 44.3 Å². The molecule has 1 N–H and O–H groups in total. The molecule has 9 nitrogen and oxygen atoms in total. The number of carbonyl (C=O) groups excluding carboxylic acids is 2. The minimum Gasteiger partial charge on any atom is -0.502 e. The summed E-state index contributed by atoms with van der Waals surface area (Å²) in [6, 6.07) is 11.8. The highest BCUT2D eigenvalue weighted by Gasteiger charge is 2.39. The van der Waals surface area contributed by atoms with Crippen molar-refractivity contribution in [3.63, 3.8) is 0 Å². The van der Waals surface area contributed by atoms with E-state index in [4.69, 9.17) is 28.4 Å². The van der Waals surface area contributed by atoms with Crippen molar-refractivity contribution in [1.82, 2.24) is 0 Å². The summed E-state index contributed by atoms with van der Waals surface area (Å²) in [5.74, 6) is 1.00. The van der Waals surface area contributed by atoms with E-state index in [0.717, 1.165) is 0 Å². The first-order valence-electron chi connectivity index (χ1n) is 11.6. The smallest absolute Gasteiger partial charge is 0.312 e. The topological polar surface area (TPSA) is 110 Å². The van der Waals surface area contributed by atoms with Crippen LogP contribution >= 0.6 is 0 Å². The molecule has 0 radical (unpaired) electrons. The molecule has 1 atom stereocenters. The normalized spacial score (nSPS) is 18.5. The molecule has 6 rings (SSSR count). The van der Waals surface area contributed by atoms with Crippen LogP contribution in [0.2, 0.25) is 0 Å². The van der Waals surface area contributed by atoms with Crippen LogP contribution in [0, 0.1) is 0 Å². The van der Waals surface area contributed by atoms with Gasteiger partial charge in [-0.2, -0.15) is 0 Å². The van der Waals surface area contributed by atoms with Gasteiger partial charge in [-0.3, -0.25) is 9.59 Å². The summed E-state index contributed by atoms with van der Waals surface area (Å²) in [5.41, 5.74) is 2.28. The summed E-state index contributed by atoms with van der Waals surface area (Å²) in [6.45, 7) is 0.937. The fourth-order valence-corrected chi connectivity index (χ4v) is 4.81. The third kappa shape index (κ3) is 3.79. The monoisotopic (exact) mass is 502 g/mol. The number of carbonyl (C=O) groups is 2. The van der Waals surface area contributed by atoms with Gasteiger partial charge < -0.3 is 33.5 Å². The summed E-state index contributed by atoms with van der Waals surface area (Å²) in [6.07, 6.45) is 1.64. The van der Waals surface area contributed by atoms with Gasteiger partial charge in [-0.15, -0.1) is 0 Å². The Morgan fingerprint density at radius 1 is 0.892 bits per heavy atom. The number of hydrogen-bond acceptors (Lipinski definition) is 9. The Hall–Kier alpha value is -4.66. The summed E-state index contributed by atoms with van der Waals surface area (Å²) in [7, 11) is 2.85. The van der Waals surface area contributed by atoms with Gasteiger partial charge in [0.15, 0.2) is 28.8 Å². The standard InChI is InChI=1S/C28H22O9/c1-32-21-11-15(12-22(33-2)27(21)31)17-13-24(29)36-19-6-4-16-26(30)23(37-28(16)25(17)19)10-14-3-5-18-20(9-14)35-8-7-34-18/h3-6,9-12,17,31H,7-8,13H2,1-2H3/b23-10-. The summed E-state index contributed by atoms with van der Waals surface area (Å²) >= 11 is 0. The molecular weight excluding hydrogens is 480 g/mol. The molecular formula is C28H22O9. The van der Waals surface area contributed by atoms with Crippen LogP contribution in [0.3, 0.4) is 0 Å². The average molecular weight is 502 g/mol. The van der Waals surface area contributed by atoms with Crippen molar-refractivity contribution in [2.45, 2.75) is 12.3 Å². The van der Waals surface area contributed by atoms with E-state index in [1.165, 1.54) is 14.2 Å². The summed E-state index contributed by atoms with van der Waals surface area (Å²) < 4.78 is 33.5. The van der Waals surface area contributed by atoms with Crippen LogP contribution in [0.4, 0.5) is 0 Å². The average Bonchev–Trinajstić information content (AvgIpc) is 3.23. The largest absolute Gasteiger partial charge is 0.502 e. The first-order valence-corrected chi connectivity index (χ1v) is 11.6. The highest BCUT2D eigenvalue weighted by Crippen LogP contribution is 2.51. The van der Waals surface area contributed by atoms with Crippen molar-refractivity contribution in [1.29, 1.82) is 0 Å². The van der Waals surface area contributed by atoms with Gasteiger partial charge in [-0.05, 0) is 53.6 Å². The van der Waals surface area contributed by atoms with Crippen molar-refractivity contribution in [3.8, 4) is 40.2 Å². The third-order valence-electron chi connectivity index (χ3n) is 6.55. The number of allylic oxidation sites excluding steroid dienone is 1. The van der Waals surface area contributed by atoms with Crippen LogP contribution in [0.25, 0.3) is 6.08 Å². The number of methoxy groups -OCH3 is 2. The molecule has 3 aromatic rings. The van der Waals surface area contributed by atoms with Crippen molar-refractivity contribution in [2.24, 2.45) is 0 Å². The van der Waals surface area contributed by atoms with Gasteiger partial charge in [0, 0.05) is 11.5 Å². The van der Waals surface area contributed by atoms with Gasteiger partial charge >= 0.3 is 5.97 Å². The van der Waals surface area contributed by atoms with Gasteiger partial charge in [0.05, 0.1) is 26.2 Å². The summed E-state index contributed by atoms with van der Waals surface area (Å²) in [4.78, 5) is 25.8. The van der Waals surface area contributed by atoms with Crippen LogP contribution in [0.5, 0.6) is 40.2 Å². The Morgan fingerprint density at radius 2 is 1.59 bits per heavy atom. The maximum atomic E-state index is 13.3. The number of esters is 1. The lowest BCUT2D eigenvalue weighted by Crippen LogP contribution is -2.21. The fourth-order valence-electron chi connectivity index (χ4n) is 4.81. The quantitative estimate of drug-likeness (QED) is 0.318. The molecule has 0 fully saturated rings. The van der Waals surface area contributed by atoms with Gasteiger partial charge in [0.1, 0.15) is 24.7 Å². The zero-order chi connectivity index (χ0) is 25.7. The molecule has 0 aromatic heterocycles. The number of phenolic OH excluding ortho intramolecular Hbond substituents is 1. The molecule has 0 saturated carbocycles. The maximum absolute atomic E-state index is 13.3. The number of fused-ring (bicyclic) bond motifs is 4. The molecule has 3 aromatic carbocycles. The third-order valence-corrected chi connectivity index (χ3v) is 6.55. The zero-order valence-corrected chi connectivity index (χ0v) is 20.0. The zero-order valence-electron chi connectivity index (χ0n) is 20.0.